The zero-order chi connectivity index (χ0) is 42.7. The highest BCUT2D eigenvalue weighted by Gasteiger charge is 2.64. The maximum absolute atomic E-state index is 16.9. The molecule has 3 aliphatic heterocycles. The normalized spacial score (nSPS) is 31.0. The molecular formula is C41H52F2N4O9S. The number of allylic oxidation sites excluding steroid dienone is 1. The van der Waals surface area contributed by atoms with E-state index in [0.29, 0.717) is 43.3 Å². The summed E-state index contributed by atoms with van der Waals surface area (Å²) in [5.41, 5.74) is -2.43. The van der Waals surface area contributed by atoms with E-state index in [1.165, 1.54) is 23.1 Å². The fourth-order valence-corrected chi connectivity index (χ4v) is 9.78. The number of nitrogens with one attached hydrogen (secondary N) is 2. The topological polar surface area (TPSA) is 170 Å². The number of alkyl halides is 2. The minimum atomic E-state index is -4.07. The Labute approximate surface area is 334 Å². The van der Waals surface area contributed by atoms with E-state index in [0.717, 1.165) is 12.8 Å². The number of hydrogen-bond donors (Lipinski definition) is 2. The zero-order valence-electron chi connectivity index (χ0n) is 34.7. The van der Waals surface area contributed by atoms with Crippen molar-refractivity contribution in [3.63, 3.8) is 0 Å². The molecule has 1 aromatic carbocycles. The number of aryl methyl sites for hydroxylation is 1. The maximum atomic E-state index is 16.9. The number of pyridine rings is 1. The predicted molar refractivity (Wildman–Crippen MR) is 205 cm³/mol. The van der Waals surface area contributed by atoms with Crippen LogP contribution in [0.3, 0.4) is 0 Å². The van der Waals surface area contributed by atoms with Gasteiger partial charge >= 0.3 is 5.97 Å². The quantitative estimate of drug-likeness (QED) is 0.241. The highest BCUT2D eigenvalue weighted by atomic mass is 32.2. The summed E-state index contributed by atoms with van der Waals surface area (Å²) in [4.78, 5) is 62.4. The predicted octanol–water partition coefficient (Wildman–Crippen LogP) is 5.58. The van der Waals surface area contributed by atoms with E-state index in [9.17, 15) is 32.0 Å². The minimum absolute atomic E-state index is 0.0445. The summed E-state index contributed by atoms with van der Waals surface area (Å²) in [6.07, 6.45) is 5.07. The van der Waals surface area contributed by atoms with Crippen molar-refractivity contribution in [1.82, 2.24) is 19.9 Å². The summed E-state index contributed by atoms with van der Waals surface area (Å²) in [5, 5.41) is 3.04. The molecule has 1 aromatic heterocycles. The van der Waals surface area contributed by atoms with Gasteiger partial charge in [-0.15, -0.1) is 0 Å². The average molecular weight is 817 g/mol. The molecule has 4 heterocycles. The number of amides is 3. The molecule has 57 heavy (non-hydrogen) atoms. The molecule has 3 fully saturated rings. The van der Waals surface area contributed by atoms with Crippen LogP contribution in [0.5, 0.6) is 11.5 Å². The van der Waals surface area contributed by atoms with Crippen molar-refractivity contribution in [2.45, 2.75) is 126 Å². The number of ether oxygens (including phenoxy) is 3. The Balaban J connectivity index is 1.25. The molecule has 310 valence electrons. The van der Waals surface area contributed by atoms with Crippen LogP contribution in [-0.2, 0) is 33.9 Å². The van der Waals surface area contributed by atoms with Crippen molar-refractivity contribution in [1.29, 1.82) is 0 Å². The molecule has 1 saturated heterocycles. The van der Waals surface area contributed by atoms with Crippen molar-refractivity contribution >= 4 is 44.6 Å². The van der Waals surface area contributed by atoms with Crippen molar-refractivity contribution in [2.75, 3.05) is 20.0 Å². The highest BCUT2D eigenvalue weighted by molar-refractivity contribution is 7.91. The Bertz CT molecular complexity index is 2180. The fraction of sp³-hybridized carbons (Fsp3) is 0.634. The number of benzene rings is 1. The molecule has 2 N–H and O–H groups in total. The summed E-state index contributed by atoms with van der Waals surface area (Å²) < 4.78 is 89.5. The van der Waals surface area contributed by atoms with E-state index in [-0.39, 0.29) is 67.2 Å². The van der Waals surface area contributed by atoms with Crippen LogP contribution >= 0.6 is 0 Å². The average Bonchev–Trinajstić information content (AvgIpc) is 4.03. The second-order valence-corrected chi connectivity index (χ2v) is 19.3. The van der Waals surface area contributed by atoms with Gasteiger partial charge in [0.15, 0.2) is 0 Å². The first kappa shape index (κ1) is 38.2. The number of aromatic nitrogens is 1. The summed E-state index contributed by atoms with van der Waals surface area (Å²) >= 11 is 0. The molecule has 2 aromatic rings. The zero-order valence-corrected chi connectivity index (χ0v) is 33.5. The molecule has 0 bridgehead atoms. The van der Waals surface area contributed by atoms with Crippen LogP contribution in [0.1, 0.15) is 112 Å². The molecule has 0 unspecified atom stereocenters. The number of hydrogen-bond acceptors (Lipinski definition) is 10. The smallest absolute Gasteiger partial charge is 0.306 e. The molecule has 7 rings (SSSR count). The van der Waals surface area contributed by atoms with E-state index in [1.54, 1.807) is 13.8 Å². The number of carbonyl (C=O) groups excluding carboxylic acids is 4. The highest BCUT2D eigenvalue weighted by Crippen LogP contribution is 2.52. The Morgan fingerprint density at radius 3 is 2.67 bits per heavy atom. The van der Waals surface area contributed by atoms with Gasteiger partial charge in [-0.2, -0.15) is 0 Å². The van der Waals surface area contributed by atoms with Crippen molar-refractivity contribution in [3.05, 3.63) is 41.6 Å². The van der Waals surface area contributed by atoms with Gasteiger partial charge in [0.1, 0.15) is 37.6 Å². The van der Waals surface area contributed by atoms with Crippen molar-refractivity contribution < 1.29 is 53.3 Å². The molecule has 13 nitrogen and oxygen atoms in total. The van der Waals surface area contributed by atoms with E-state index in [4.69, 9.17) is 17.0 Å². The molecular weight excluding hydrogens is 763 g/mol. The molecule has 1 spiro atoms. The van der Waals surface area contributed by atoms with E-state index in [2.05, 4.69) is 15.0 Å². The minimum Gasteiger partial charge on any atom is -0.483 e. The molecule has 5 aliphatic rings. The first-order valence-corrected chi connectivity index (χ1v) is 21.3. The summed E-state index contributed by atoms with van der Waals surface area (Å²) in [6, 6.07) is 2.72. The van der Waals surface area contributed by atoms with Gasteiger partial charge in [0.25, 0.3) is 5.91 Å². The van der Waals surface area contributed by atoms with Gasteiger partial charge in [-0.05, 0) is 76.5 Å². The van der Waals surface area contributed by atoms with Crippen LogP contribution in [0.4, 0.5) is 8.78 Å². The fourth-order valence-electron chi connectivity index (χ4n) is 8.47. The van der Waals surface area contributed by atoms with Gasteiger partial charge < -0.3 is 24.4 Å². The van der Waals surface area contributed by atoms with Crippen LogP contribution in [0.15, 0.2) is 30.4 Å². The maximum Gasteiger partial charge on any atom is 0.306 e. The van der Waals surface area contributed by atoms with Crippen LogP contribution in [-0.4, -0.2) is 83.9 Å². The van der Waals surface area contributed by atoms with Gasteiger partial charge in [-0.1, -0.05) is 38.8 Å². The summed E-state index contributed by atoms with van der Waals surface area (Å²) in [6.45, 7) is 3.33. The SMILES string of the molecule is [2H]C([2H])(F)Oc1ccc2nc(C)c3c(c2c1)[C@H](F)C[C@]1(C[C@H]2C(=O)N[C@]4(C(=O)NS(=O)(=O)C5(C)CC5)C[C@H]4/C=C\CCCCC[C@H](CC(=O)OCC(C)C)C(=O)N2C1)O3. The van der Waals surface area contributed by atoms with E-state index < -0.39 is 80.5 Å². The molecule has 0 radical (unpaired) electrons. The number of rotatable bonds is 9. The Hall–Kier alpha value is -4.34. The van der Waals surface area contributed by atoms with Gasteiger partial charge in [0, 0.05) is 35.6 Å². The second-order valence-electron chi connectivity index (χ2n) is 17.1. The Morgan fingerprint density at radius 2 is 1.95 bits per heavy atom. The van der Waals surface area contributed by atoms with Gasteiger partial charge in [-0.25, -0.2) is 22.2 Å². The van der Waals surface area contributed by atoms with E-state index >= 15 is 4.39 Å². The number of nitrogens with zero attached hydrogens (tertiary/aromatic N) is 2. The largest absolute Gasteiger partial charge is 0.483 e. The van der Waals surface area contributed by atoms with Gasteiger partial charge in [0.05, 0.1) is 35.5 Å². The Kier molecular flexibility index (Phi) is 10.3. The molecule has 16 heteroatoms. The molecule has 3 amide bonds. The lowest BCUT2D eigenvalue weighted by Gasteiger charge is -2.38. The first-order valence-electron chi connectivity index (χ1n) is 20.8. The van der Waals surface area contributed by atoms with Gasteiger partial charge in [0.2, 0.25) is 28.7 Å². The second kappa shape index (κ2) is 15.4. The third-order valence-electron chi connectivity index (χ3n) is 12.2. The van der Waals surface area contributed by atoms with Crippen LogP contribution in [0, 0.1) is 24.7 Å². The standard InChI is InChI=1S/C41H52F2N4O9S/c1-24(2)21-54-33(48)16-26-10-8-6-5-7-9-11-27-18-41(27,38(51)46-57(52,53)39(4)14-15-39)45-36(49)32-20-40(22-47(32)37(26)50)19-30(43)34-29-17-28(55-23-42)12-13-31(29)44-25(3)35(34)56-40/h9,11-13,17,24,26-27,30,32H,5-8,10,14-16,18-23H2,1-4H3,(H,45,49)(H,46,51)/b11-9-/t26-,27-,30-,32+,40-,41-/m1/s1/i23D2. The summed E-state index contributed by atoms with van der Waals surface area (Å²) in [7, 11) is -4.07. The van der Waals surface area contributed by atoms with Crippen molar-refractivity contribution in [2.24, 2.45) is 17.8 Å². The first-order chi connectivity index (χ1) is 27.6. The number of halogens is 2. The number of esters is 1. The lowest BCUT2D eigenvalue weighted by molar-refractivity contribution is -0.151. The molecule has 6 atom stereocenters. The number of carbonyl (C=O) groups is 4. The lowest BCUT2D eigenvalue weighted by atomic mass is 9.86. The number of fused-ring (bicyclic) bond motifs is 5. The third-order valence-corrected chi connectivity index (χ3v) is 14.3. The molecule has 2 aliphatic carbocycles. The monoisotopic (exact) mass is 816 g/mol. The van der Waals surface area contributed by atoms with Crippen LogP contribution < -0.4 is 19.5 Å². The van der Waals surface area contributed by atoms with Crippen LogP contribution in [0.2, 0.25) is 0 Å². The van der Waals surface area contributed by atoms with Crippen molar-refractivity contribution in [3.8, 4) is 11.5 Å². The summed E-state index contributed by atoms with van der Waals surface area (Å²) in [5.74, 6) is -4.26. The van der Waals surface area contributed by atoms with E-state index in [1.807, 2.05) is 26.0 Å². The molecule has 2 saturated carbocycles. The van der Waals surface area contributed by atoms with Crippen LogP contribution in [0.25, 0.3) is 10.9 Å². The van der Waals surface area contributed by atoms with Gasteiger partial charge in [-0.3, -0.25) is 23.9 Å². The third kappa shape index (κ3) is 8.07. The lowest BCUT2D eigenvalue weighted by Crippen LogP contribution is -2.57. The number of sulfonamides is 1. The Morgan fingerprint density at radius 1 is 1.18 bits per heavy atom.